The monoisotopic (exact) mass is 435 g/mol. The van der Waals surface area contributed by atoms with Crippen LogP contribution in [0.4, 0.5) is 11.4 Å². The van der Waals surface area contributed by atoms with Crippen molar-refractivity contribution in [1.82, 2.24) is 5.32 Å². The quantitative estimate of drug-likeness (QED) is 0.348. The van der Waals surface area contributed by atoms with Crippen molar-refractivity contribution >= 4 is 27.3 Å². The Bertz CT molecular complexity index is 1010. The first-order chi connectivity index (χ1) is 14.1. The Morgan fingerprint density at radius 3 is 2.57 bits per heavy atom. The minimum atomic E-state index is -3.85. The van der Waals surface area contributed by atoms with E-state index in [9.17, 15) is 23.3 Å². The fourth-order valence-corrected chi connectivity index (χ4v) is 4.27. The number of para-hydroxylation sites is 1. The van der Waals surface area contributed by atoms with E-state index in [2.05, 4.69) is 5.32 Å². The van der Waals surface area contributed by atoms with E-state index in [4.69, 9.17) is 4.74 Å². The van der Waals surface area contributed by atoms with Gasteiger partial charge in [0.05, 0.1) is 24.0 Å². The highest BCUT2D eigenvalue weighted by molar-refractivity contribution is 7.92. The smallest absolute Gasteiger partial charge is 0.271 e. The van der Waals surface area contributed by atoms with Gasteiger partial charge in [0.1, 0.15) is 11.8 Å². The third-order valence-corrected chi connectivity index (χ3v) is 5.74. The summed E-state index contributed by atoms with van der Waals surface area (Å²) in [5.41, 5.74) is 0.811. The summed E-state index contributed by atoms with van der Waals surface area (Å²) in [6.07, 6.45) is 2.27. The van der Waals surface area contributed by atoms with Gasteiger partial charge in [-0.3, -0.25) is 19.2 Å². The number of nitro groups is 1. The van der Waals surface area contributed by atoms with Gasteiger partial charge < -0.3 is 10.1 Å². The lowest BCUT2D eigenvalue weighted by Crippen LogP contribution is -2.48. The minimum absolute atomic E-state index is 0.0587. The minimum Gasteiger partial charge on any atom is -0.496 e. The molecule has 0 fully saturated rings. The molecule has 2 rings (SSSR count). The van der Waals surface area contributed by atoms with Crippen molar-refractivity contribution in [3.8, 4) is 5.75 Å². The van der Waals surface area contributed by atoms with Gasteiger partial charge in [-0.1, -0.05) is 24.3 Å². The number of benzene rings is 2. The summed E-state index contributed by atoms with van der Waals surface area (Å²) in [7, 11) is -2.26. The predicted octanol–water partition coefficient (Wildman–Crippen LogP) is 2.51. The maximum absolute atomic E-state index is 12.6. The van der Waals surface area contributed by atoms with Gasteiger partial charge >= 0.3 is 0 Å². The number of anilines is 1. The lowest BCUT2D eigenvalue weighted by atomic mass is 10.1. The second kappa shape index (κ2) is 10.1. The molecule has 0 aliphatic rings. The van der Waals surface area contributed by atoms with Crippen molar-refractivity contribution in [1.29, 1.82) is 0 Å². The number of carbonyl (C=O) groups excluding carboxylic acids is 1. The molecule has 0 aliphatic carbocycles. The molecule has 1 atom stereocenters. The average Bonchev–Trinajstić information content (AvgIpc) is 2.70. The molecule has 0 aromatic heterocycles. The Hall–Kier alpha value is -3.14. The molecule has 0 unspecified atom stereocenters. The van der Waals surface area contributed by atoms with Crippen molar-refractivity contribution in [3.05, 3.63) is 64.2 Å². The number of nitrogens with zero attached hydrogens (tertiary/aromatic N) is 2. The van der Waals surface area contributed by atoms with Crippen molar-refractivity contribution in [2.75, 3.05) is 24.2 Å². The Morgan fingerprint density at radius 1 is 1.23 bits per heavy atom. The highest BCUT2D eigenvalue weighted by atomic mass is 32.2. The number of sulfonamides is 1. The van der Waals surface area contributed by atoms with E-state index in [1.807, 2.05) is 24.3 Å². The average molecular weight is 436 g/mol. The van der Waals surface area contributed by atoms with Crippen LogP contribution in [-0.2, 0) is 21.2 Å². The summed E-state index contributed by atoms with van der Waals surface area (Å²) < 4.78 is 30.8. The van der Waals surface area contributed by atoms with E-state index in [1.165, 1.54) is 25.1 Å². The van der Waals surface area contributed by atoms with Crippen LogP contribution in [0.15, 0.2) is 48.5 Å². The number of non-ortho nitro benzene ring substituents is 1. The molecule has 1 amide bonds. The van der Waals surface area contributed by atoms with Crippen LogP contribution in [0.1, 0.15) is 18.9 Å². The molecule has 0 radical (unpaired) electrons. The van der Waals surface area contributed by atoms with Crippen molar-refractivity contribution < 1.29 is 22.9 Å². The SMILES string of the molecule is COc1ccccc1CCCNC(=O)[C@@H](C)N(c1cccc([N+](=O)[O-])c1)S(C)(=O)=O. The zero-order valence-electron chi connectivity index (χ0n) is 17.1. The molecule has 2 aromatic carbocycles. The van der Waals surface area contributed by atoms with Crippen LogP contribution in [0, 0.1) is 10.1 Å². The molecule has 0 heterocycles. The van der Waals surface area contributed by atoms with Crippen LogP contribution in [0.3, 0.4) is 0 Å². The number of hydrogen-bond acceptors (Lipinski definition) is 6. The van der Waals surface area contributed by atoms with Crippen LogP contribution < -0.4 is 14.4 Å². The highest BCUT2D eigenvalue weighted by Crippen LogP contribution is 2.25. The van der Waals surface area contributed by atoms with Crippen LogP contribution in [0.5, 0.6) is 5.75 Å². The molecule has 162 valence electrons. The lowest BCUT2D eigenvalue weighted by Gasteiger charge is -2.28. The van der Waals surface area contributed by atoms with Crippen molar-refractivity contribution in [2.24, 2.45) is 0 Å². The first-order valence-corrected chi connectivity index (χ1v) is 11.1. The lowest BCUT2D eigenvalue weighted by molar-refractivity contribution is -0.384. The Kier molecular flexibility index (Phi) is 7.76. The number of amides is 1. The van der Waals surface area contributed by atoms with Gasteiger partial charge in [-0.05, 0) is 37.5 Å². The molecular weight excluding hydrogens is 410 g/mol. The molecule has 0 aliphatic heterocycles. The van der Waals surface area contributed by atoms with E-state index in [-0.39, 0.29) is 11.4 Å². The van der Waals surface area contributed by atoms with Crippen molar-refractivity contribution in [3.63, 3.8) is 0 Å². The predicted molar refractivity (Wildman–Crippen MR) is 114 cm³/mol. The number of hydrogen-bond donors (Lipinski definition) is 1. The van der Waals surface area contributed by atoms with Gasteiger partial charge in [0, 0.05) is 18.7 Å². The summed E-state index contributed by atoms with van der Waals surface area (Å²) in [6.45, 7) is 1.78. The fraction of sp³-hybridized carbons (Fsp3) is 0.350. The summed E-state index contributed by atoms with van der Waals surface area (Å²) in [5, 5.41) is 13.7. The molecule has 0 saturated heterocycles. The molecule has 0 saturated carbocycles. The number of nitro benzene ring substituents is 1. The number of ether oxygens (including phenoxy) is 1. The molecule has 30 heavy (non-hydrogen) atoms. The fourth-order valence-electron chi connectivity index (χ4n) is 3.10. The Morgan fingerprint density at radius 2 is 1.93 bits per heavy atom. The largest absolute Gasteiger partial charge is 0.496 e. The van der Waals surface area contributed by atoms with Gasteiger partial charge in [0.25, 0.3) is 5.69 Å². The molecule has 1 N–H and O–H groups in total. The maximum Gasteiger partial charge on any atom is 0.271 e. The van der Waals surface area contributed by atoms with Crippen molar-refractivity contribution in [2.45, 2.75) is 25.8 Å². The van der Waals surface area contributed by atoms with E-state index < -0.39 is 26.9 Å². The topological polar surface area (TPSA) is 119 Å². The first-order valence-electron chi connectivity index (χ1n) is 9.28. The summed E-state index contributed by atoms with van der Waals surface area (Å²) in [5.74, 6) is 0.276. The van der Waals surface area contributed by atoms with Gasteiger partial charge in [-0.15, -0.1) is 0 Å². The van der Waals surface area contributed by atoms with Crippen LogP contribution in [0.25, 0.3) is 0 Å². The Labute approximate surface area is 175 Å². The molecule has 0 bridgehead atoms. The summed E-state index contributed by atoms with van der Waals surface area (Å²) >= 11 is 0. The molecular formula is C20H25N3O6S. The highest BCUT2D eigenvalue weighted by Gasteiger charge is 2.29. The van der Waals surface area contributed by atoms with Gasteiger partial charge in [0.15, 0.2) is 0 Å². The maximum atomic E-state index is 12.6. The number of rotatable bonds is 10. The summed E-state index contributed by atoms with van der Waals surface area (Å²) in [6, 6.07) is 11.7. The van der Waals surface area contributed by atoms with Crippen LogP contribution in [0.2, 0.25) is 0 Å². The zero-order chi connectivity index (χ0) is 22.3. The number of carbonyl (C=O) groups is 1. The molecule has 10 heteroatoms. The van der Waals surface area contributed by atoms with Crippen LogP contribution >= 0.6 is 0 Å². The summed E-state index contributed by atoms with van der Waals surface area (Å²) in [4.78, 5) is 23.0. The number of aryl methyl sites for hydroxylation is 1. The van der Waals surface area contributed by atoms with Gasteiger partial charge in [0.2, 0.25) is 15.9 Å². The molecule has 9 nitrogen and oxygen atoms in total. The molecule has 2 aromatic rings. The van der Waals surface area contributed by atoms with E-state index in [0.29, 0.717) is 19.4 Å². The second-order valence-electron chi connectivity index (χ2n) is 6.72. The van der Waals surface area contributed by atoms with Gasteiger partial charge in [-0.2, -0.15) is 0 Å². The number of nitrogens with one attached hydrogen (secondary N) is 1. The third-order valence-electron chi connectivity index (χ3n) is 4.50. The van der Waals surface area contributed by atoms with Crippen LogP contribution in [-0.4, -0.2) is 45.2 Å². The standard InChI is InChI=1S/C20H25N3O6S/c1-15(20(24)21-13-7-9-16-8-4-5-12-19(16)29-2)22(30(3,27)28)17-10-6-11-18(14-17)23(25)26/h4-6,8,10-12,14-15H,7,9,13H2,1-3H3,(H,21,24)/t15-/m1/s1. The first kappa shape index (κ1) is 23.1. The van der Waals surface area contributed by atoms with E-state index in [1.54, 1.807) is 7.11 Å². The second-order valence-corrected chi connectivity index (χ2v) is 8.58. The number of methoxy groups -OCH3 is 1. The normalized spacial score (nSPS) is 12.1. The van der Waals surface area contributed by atoms with E-state index in [0.717, 1.165) is 27.9 Å². The van der Waals surface area contributed by atoms with E-state index >= 15 is 0 Å². The third kappa shape index (κ3) is 5.93. The Balaban J connectivity index is 2.06. The van der Waals surface area contributed by atoms with Gasteiger partial charge in [-0.25, -0.2) is 8.42 Å². The zero-order valence-corrected chi connectivity index (χ0v) is 17.9. The molecule has 0 spiro atoms.